The van der Waals surface area contributed by atoms with E-state index < -0.39 is 11.9 Å². The molecule has 2 rings (SSSR count). The normalized spacial score (nSPS) is 14.1. The third-order valence-electron chi connectivity index (χ3n) is 3.10. The van der Waals surface area contributed by atoms with Gasteiger partial charge in [0.1, 0.15) is 6.54 Å². The van der Waals surface area contributed by atoms with Crippen LogP contribution in [0.15, 0.2) is 24.3 Å². The van der Waals surface area contributed by atoms with Crippen molar-refractivity contribution in [1.82, 2.24) is 0 Å². The van der Waals surface area contributed by atoms with E-state index in [0.717, 1.165) is 0 Å². The number of hydrogen-bond acceptors (Lipinski definition) is 4. The number of carbonyl (C=O) groups excluding carboxylic acids is 3. The molecule has 0 aliphatic carbocycles. The molecule has 1 aliphatic rings. The zero-order valence-corrected chi connectivity index (χ0v) is 13.0. The zero-order chi connectivity index (χ0) is 16.3. The number of esters is 1. The Bertz CT molecular complexity index is 604. The van der Waals surface area contributed by atoms with Crippen molar-refractivity contribution in [1.29, 1.82) is 0 Å². The molecule has 118 valence electrons. The molecule has 6 heteroatoms. The smallest absolute Gasteiger partial charge is 0.306 e. The topological polar surface area (TPSA) is 75.7 Å². The van der Waals surface area contributed by atoms with Crippen LogP contribution in [0.3, 0.4) is 0 Å². The van der Waals surface area contributed by atoms with Crippen LogP contribution in [0.4, 0.5) is 11.4 Å². The van der Waals surface area contributed by atoms with Crippen LogP contribution in [0.1, 0.15) is 27.2 Å². The summed E-state index contributed by atoms with van der Waals surface area (Å²) in [6, 6.07) is 7.01. The van der Waals surface area contributed by atoms with Gasteiger partial charge in [-0.1, -0.05) is 32.9 Å². The van der Waals surface area contributed by atoms with Crippen LogP contribution in [-0.2, 0) is 19.1 Å². The fraction of sp³-hybridized carbons (Fsp3) is 0.438. The number of carbonyl (C=O) groups is 3. The predicted octanol–water partition coefficient (Wildman–Crippen LogP) is 1.95. The average molecular weight is 304 g/mol. The Balaban J connectivity index is 2.01. The maximum atomic E-state index is 12.2. The highest BCUT2D eigenvalue weighted by atomic mass is 16.5. The first-order chi connectivity index (χ1) is 10.3. The van der Waals surface area contributed by atoms with Crippen LogP contribution in [0, 0.1) is 5.41 Å². The molecular weight excluding hydrogens is 284 g/mol. The van der Waals surface area contributed by atoms with Gasteiger partial charge in [-0.05, 0) is 17.5 Å². The predicted molar refractivity (Wildman–Crippen MR) is 82.5 cm³/mol. The van der Waals surface area contributed by atoms with E-state index in [4.69, 9.17) is 4.74 Å². The number of benzene rings is 1. The highest BCUT2D eigenvalue weighted by Gasteiger charge is 2.27. The molecule has 1 aromatic rings. The van der Waals surface area contributed by atoms with Gasteiger partial charge >= 0.3 is 5.97 Å². The summed E-state index contributed by atoms with van der Waals surface area (Å²) in [6.07, 6.45) is 0.233. The van der Waals surface area contributed by atoms with Crippen molar-refractivity contribution in [3.8, 4) is 0 Å². The van der Waals surface area contributed by atoms with Crippen molar-refractivity contribution in [3.63, 3.8) is 0 Å². The molecule has 1 aromatic carbocycles. The van der Waals surface area contributed by atoms with Crippen LogP contribution >= 0.6 is 0 Å². The van der Waals surface area contributed by atoms with Crippen molar-refractivity contribution < 1.29 is 19.1 Å². The Labute approximate surface area is 129 Å². The third kappa shape index (κ3) is 4.07. The van der Waals surface area contributed by atoms with Gasteiger partial charge in [-0.2, -0.15) is 0 Å². The fourth-order valence-electron chi connectivity index (χ4n) is 2.16. The molecule has 0 spiro atoms. The number of nitrogens with one attached hydrogen (secondary N) is 1. The van der Waals surface area contributed by atoms with Gasteiger partial charge in [-0.3, -0.25) is 19.3 Å². The summed E-state index contributed by atoms with van der Waals surface area (Å²) < 4.78 is 5.02. The number of rotatable bonds is 3. The van der Waals surface area contributed by atoms with Crippen LogP contribution in [0.2, 0.25) is 0 Å². The first-order valence-corrected chi connectivity index (χ1v) is 7.11. The Morgan fingerprint density at radius 1 is 1.27 bits per heavy atom. The minimum absolute atomic E-state index is 0.0767. The van der Waals surface area contributed by atoms with Crippen LogP contribution < -0.4 is 10.2 Å². The number of anilines is 2. The highest BCUT2D eigenvalue weighted by Crippen LogP contribution is 2.28. The van der Waals surface area contributed by atoms with E-state index >= 15 is 0 Å². The number of amides is 2. The molecule has 0 saturated carbocycles. The molecule has 2 amide bonds. The summed E-state index contributed by atoms with van der Waals surface area (Å²) in [4.78, 5) is 36.9. The molecule has 6 nitrogen and oxygen atoms in total. The Kier molecular flexibility index (Phi) is 4.49. The quantitative estimate of drug-likeness (QED) is 0.866. The summed E-state index contributed by atoms with van der Waals surface area (Å²) >= 11 is 0. The standard InChI is InChI=1S/C16H20N2O4/c1-16(2,3)8-15(21)22-10-14(20)18-9-13(19)17-11-6-4-5-7-12(11)18/h4-7H,8-10H2,1-3H3,(H,17,19). The highest BCUT2D eigenvalue weighted by molar-refractivity contribution is 6.10. The second-order valence-electron chi connectivity index (χ2n) is 6.44. The van der Waals surface area contributed by atoms with Crippen molar-refractivity contribution >= 4 is 29.2 Å². The van der Waals surface area contributed by atoms with Gasteiger partial charge in [0, 0.05) is 0 Å². The summed E-state index contributed by atoms with van der Waals surface area (Å²) in [6.45, 7) is 5.31. The molecule has 0 unspecified atom stereocenters. The lowest BCUT2D eigenvalue weighted by atomic mass is 9.92. The van der Waals surface area contributed by atoms with E-state index in [2.05, 4.69) is 5.32 Å². The van der Waals surface area contributed by atoms with Crippen LogP contribution in [0.5, 0.6) is 0 Å². The minimum Gasteiger partial charge on any atom is -0.456 e. The molecule has 1 N–H and O–H groups in total. The van der Waals surface area contributed by atoms with Gasteiger partial charge in [-0.25, -0.2) is 0 Å². The molecule has 0 aromatic heterocycles. The van der Waals surface area contributed by atoms with E-state index in [1.807, 2.05) is 20.8 Å². The van der Waals surface area contributed by atoms with Crippen molar-refractivity contribution in [3.05, 3.63) is 24.3 Å². The third-order valence-corrected chi connectivity index (χ3v) is 3.10. The van der Waals surface area contributed by atoms with E-state index in [0.29, 0.717) is 11.4 Å². The monoisotopic (exact) mass is 304 g/mol. The molecular formula is C16H20N2O4. The van der Waals surface area contributed by atoms with Gasteiger partial charge in [0.15, 0.2) is 6.61 Å². The maximum Gasteiger partial charge on any atom is 0.306 e. The number of hydrogen-bond donors (Lipinski definition) is 1. The Hall–Kier alpha value is -2.37. The number of para-hydroxylation sites is 2. The van der Waals surface area contributed by atoms with Crippen LogP contribution in [0.25, 0.3) is 0 Å². The van der Waals surface area contributed by atoms with Crippen molar-refractivity contribution in [2.45, 2.75) is 27.2 Å². The fourth-order valence-corrected chi connectivity index (χ4v) is 2.16. The molecule has 0 atom stereocenters. The largest absolute Gasteiger partial charge is 0.456 e. The SMILES string of the molecule is CC(C)(C)CC(=O)OCC(=O)N1CC(=O)Nc2ccccc21. The van der Waals surface area contributed by atoms with Gasteiger partial charge in [-0.15, -0.1) is 0 Å². The molecule has 0 saturated heterocycles. The Morgan fingerprint density at radius 2 is 1.95 bits per heavy atom. The van der Waals surface area contributed by atoms with E-state index in [1.54, 1.807) is 24.3 Å². The molecule has 0 fully saturated rings. The van der Waals surface area contributed by atoms with E-state index in [9.17, 15) is 14.4 Å². The zero-order valence-electron chi connectivity index (χ0n) is 13.0. The summed E-state index contributed by atoms with van der Waals surface area (Å²) in [5.74, 6) is -1.10. The van der Waals surface area contributed by atoms with Gasteiger partial charge < -0.3 is 10.1 Å². The maximum absolute atomic E-state index is 12.2. The van der Waals surface area contributed by atoms with Crippen molar-refractivity contribution in [2.75, 3.05) is 23.4 Å². The first-order valence-electron chi connectivity index (χ1n) is 7.11. The summed E-state index contributed by atoms with van der Waals surface area (Å²) in [7, 11) is 0. The summed E-state index contributed by atoms with van der Waals surface area (Å²) in [5, 5.41) is 2.70. The van der Waals surface area contributed by atoms with Gasteiger partial charge in [0.25, 0.3) is 5.91 Å². The lowest BCUT2D eigenvalue weighted by Gasteiger charge is -2.29. The average Bonchev–Trinajstić information content (AvgIpc) is 2.42. The lowest BCUT2D eigenvalue weighted by molar-refractivity contribution is -0.149. The molecule has 22 heavy (non-hydrogen) atoms. The lowest BCUT2D eigenvalue weighted by Crippen LogP contribution is -2.44. The summed E-state index contributed by atoms with van der Waals surface area (Å²) in [5.41, 5.74) is 0.990. The minimum atomic E-state index is -0.421. The van der Waals surface area contributed by atoms with Gasteiger partial charge in [0.2, 0.25) is 5.91 Å². The van der Waals surface area contributed by atoms with Crippen LogP contribution in [-0.4, -0.2) is 30.9 Å². The Morgan fingerprint density at radius 3 is 2.64 bits per heavy atom. The van der Waals surface area contributed by atoms with Crippen molar-refractivity contribution in [2.24, 2.45) is 5.41 Å². The molecule has 0 radical (unpaired) electrons. The van der Waals surface area contributed by atoms with E-state index in [1.165, 1.54) is 4.90 Å². The number of ether oxygens (including phenoxy) is 1. The van der Waals surface area contributed by atoms with Gasteiger partial charge in [0.05, 0.1) is 17.8 Å². The second kappa shape index (κ2) is 6.17. The first kappa shape index (κ1) is 16.0. The number of fused-ring (bicyclic) bond motifs is 1. The molecule has 1 aliphatic heterocycles. The second-order valence-corrected chi connectivity index (χ2v) is 6.44. The molecule has 0 bridgehead atoms. The number of nitrogens with zero attached hydrogens (tertiary/aromatic N) is 1. The van der Waals surface area contributed by atoms with E-state index in [-0.39, 0.29) is 30.9 Å². The molecule has 1 heterocycles.